The van der Waals surface area contributed by atoms with Gasteiger partial charge in [-0.2, -0.15) is 5.10 Å². The van der Waals surface area contributed by atoms with Crippen LogP contribution in [0.15, 0.2) is 36.5 Å². The van der Waals surface area contributed by atoms with Crippen molar-refractivity contribution < 1.29 is 26.4 Å². The summed E-state index contributed by atoms with van der Waals surface area (Å²) in [6.07, 6.45) is 3.62. The first kappa shape index (κ1) is 33.4. The molecular weight excluding hydrogens is 603 g/mol. The van der Waals surface area contributed by atoms with E-state index in [1.807, 2.05) is 13.1 Å². The van der Waals surface area contributed by atoms with E-state index in [0.717, 1.165) is 84.7 Å². The lowest BCUT2D eigenvalue weighted by molar-refractivity contribution is 0.0476. The summed E-state index contributed by atoms with van der Waals surface area (Å²) in [7, 11) is -1.32. The predicted molar refractivity (Wildman–Crippen MR) is 170 cm³/mol. The first-order valence-electron chi connectivity index (χ1n) is 15.9. The molecule has 0 atom stereocenters. The zero-order valence-corrected chi connectivity index (χ0v) is 27.3. The van der Waals surface area contributed by atoms with Crippen molar-refractivity contribution in [3.63, 3.8) is 0 Å². The first-order chi connectivity index (χ1) is 21.3. The van der Waals surface area contributed by atoms with E-state index < -0.39 is 40.8 Å². The maximum Gasteiger partial charge on any atom is 0.255 e. The van der Waals surface area contributed by atoms with Gasteiger partial charge in [0.1, 0.15) is 5.82 Å². The Hall–Kier alpha value is -2.96. The van der Waals surface area contributed by atoms with Crippen LogP contribution in [-0.4, -0.2) is 84.3 Å². The molecule has 0 spiro atoms. The van der Waals surface area contributed by atoms with E-state index in [1.165, 1.54) is 6.07 Å². The van der Waals surface area contributed by atoms with Gasteiger partial charge in [0.2, 0.25) is 10.0 Å². The van der Waals surface area contributed by atoms with E-state index in [0.29, 0.717) is 17.4 Å². The number of sulfonamides is 1. The van der Waals surface area contributed by atoms with E-state index in [1.54, 1.807) is 37.7 Å². The molecule has 12 heteroatoms. The van der Waals surface area contributed by atoms with Gasteiger partial charge in [-0.05, 0) is 99.6 Å². The summed E-state index contributed by atoms with van der Waals surface area (Å²) in [6.45, 7) is 7.23. The molecule has 2 aliphatic rings. The number of alkyl halides is 2. The number of benzene rings is 2. The Morgan fingerprint density at radius 3 is 2.42 bits per heavy atom. The average molecular weight is 648 g/mol. The summed E-state index contributed by atoms with van der Waals surface area (Å²) < 4.78 is 69.7. The van der Waals surface area contributed by atoms with Crippen molar-refractivity contribution in [1.29, 1.82) is 0 Å². The van der Waals surface area contributed by atoms with Crippen LogP contribution in [0.5, 0.6) is 0 Å². The van der Waals surface area contributed by atoms with E-state index >= 15 is 0 Å². The average Bonchev–Trinajstić information content (AvgIpc) is 3.35. The fraction of sp³-hybridized carbons (Fsp3) is 0.576. The third-order valence-electron chi connectivity index (χ3n) is 9.29. The van der Waals surface area contributed by atoms with Crippen LogP contribution in [0.3, 0.4) is 0 Å². The third-order valence-corrected chi connectivity index (χ3v) is 10.7. The molecular formula is C33H44F3N5O3S. The normalized spacial score (nSPS) is 19.8. The Balaban J connectivity index is 1.30. The molecule has 2 aromatic carbocycles. The maximum atomic E-state index is 14.5. The first-order valence-corrected chi connectivity index (χ1v) is 17.5. The minimum atomic E-state index is -3.17. The van der Waals surface area contributed by atoms with Crippen LogP contribution in [0.25, 0.3) is 22.0 Å². The Morgan fingerprint density at radius 1 is 1.07 bits per heavy atom. The van der Waals surface area contributed by atoms with Crippen LogP contribution >= 0.6 is 0 Å². The number of fused-ring (bicyclic) bond motifs is 1. The molecule has 2 heterocycles. The number of nitrogens with zero attached hydrogens (tertiary/aromatic N) is 4. The third kappa shape index (κ3) is 7.89. The largest absolute Gasteiger partial charge is 0.330 e. The van der Waals surface area contributed by atoms with Gasteiger partial charge >= 0.3 is 0 Å². The van der Waals surface area contributed by atoms with Crippen molar-refractivity contribution in [2.75, 3.05) is 31.9 Å². The zero-order valence-electron chi connectivity index (χ0n) is 26.5. The summed E-state index contributed by atoms with van der Waals surface area (Å²) in [5.74, 6) is -0.109. The van der Waals surface area contributed by atoms with Crippen molar-refractivity contribution in [1.82, 2.24) is 24.3 Å². The molecule has 1 amide bonds. The maximum absolute atomic E-state index is 14.5. The van der Waals surface area contributed by atoms with Crippen molar-refractivity contribution in [2.45, 2.75) is 71.4 Å². The van der Waals surface area contributed by atoms with Gasteiger partial charge in [-0.3, -0.25) is 9.48 Å². The SMILES string of the molecule is CCS(=O)(=O)NC1CCC(CN2CC(Cc3cc(-c4ccc(F)cc4C(=O)N(CC(F)F)C(C)C)c4cnn(C)c4c3)C2)CC1. The molecule has 1 aliphatic carbocycles. The second kappa shape index (κ2) is 13.8. The number of amides is 1. The number of likely N-dealkylation sites (tertiary alicyclic amines) is 1. The van der Waals surface area contributed by atoms with Crippen LogP contribution in [-0.2, 0) is 23.5 Å². The predicted octanol–water partition coefficient (Wildman–Crippen LogP) is 5.47. The number of hydrogen-bond acceptors (Lipinski definition) is 5. The van der Waals surface area contributed by atoms with Gasteiger partial charge in [0, 0.05) is 44.2 Å². The van der Waals surface area contributed by atoms with Gasteiger partial charge in [-0.15, -0.1) is 0 Å². The molecule has 0 unspecified atom stereocenters. The second-order valence-corrected chi connectivity index (χ2v) is 15.0. The fourth-order valence-corrected chi connectivity index (χ4v) is 7.77. The van der Waals surface area contributed by atoms with Crippen LogP contribution in [0.4, 0.5) is 13.2 Å². The number of aromatic nitrogens is 2. The number of halogens is 3. The van der Waals surface area contributed by atoms with Crippen molar-refractivity contribution >= 4 is 26.8 Å². The topological polar surface area (TPSA) is 87.5 Å². The second-order valence-electron chi connectivity index (χ2n) is 13.0. The summed E-state index contributed by atoms with van der Waals surface area (Å²) in [5.41, 5.74) is 3.23. The van der Waals surface area contributed by atoms with Crippen molar-refractivity contribution in [3.8, 4) is 11.1 Å². The Labute approximate surface area is 264 Å². The number of hydrogen-bond donors (Lipinski definition) is 1. The number of nitrogens with one attached hydrogen (secondary N) is 1. The molecule has 1 aliphatic heterocycles. The van der Waals surface area contributed by atoms with Gasteiger partial charge in [0.25, 0.3) is 12.3 Å². The number of carbonyl (C=O) groups excluding carboxylic acids is 1. The Bertz CT molecular complexity index is 1610. The molecule has 8 nitrogen and oxygen atoms in total. The van der Waals surface area contributed by atoms with Crippen molar-refractivity contribution in [3.05, 3.63) is 53.5 Å². The van der Waals surface area contributed by atoms with Crippen LogP contribution < -0.4 is 4.72 Å². The Morgan fingerprint density at radius 2 is 1.78 bits per heavy atom. The van der Waals surface area contributed by atoms with E-state index in [2.05, 4.69) is 20.8 Å². The number of rotatable bonds is 12. The fourth-order valence-electron chi connectivity index (χ4n) is 6.86. The zero-order chi connectivity index (χ0) is 32.5. The highest BCUT2D eigenvalue weighted by Crippen LogP contribution is 2.36. The molecule has 1 aromatic heterocycles. The molecule has 2 fully saturated rings. The highest BCUT2D eigenvalue weighted by molar-refractivity contribution is 7.89. The lowest BCUT2D eigenvalue weighted by Crippen LogP contribution is -2.50. The molecule has 1 N–H and O–H groups in total. The molecule has 45 heavy (non-hydrogen) atoms. The Kier molecular flexibility index (Phi) is 10.2. The van der Waals surface area contributed by atoms with Crippen LogP contribution in [0.1, 0.15) is 62.4 Å². The minimum Gasteiger partial charge on any atom is -0.330 e. The lowest BCUT2D eigenvalue weighted by Gasteiger charge is -2.42. The monoisotopic (exact) mass is 647 g/mol. The van der Waals surface area contributed by atoms with E-state index in [9.17, 15) is 26.4 Å². The lowest BCUT2D eigenvalue weighted by atomic mass is 9.84. The smallest absolute Gasteiger partial charge is 0.255 e. The van der Waals surface area contributed by atoms with Gasteiger partial charge in [0.05, 0.1) is 29.6 Å². The summed E-state index contributed by atoms with van der Waals surface area (Å²) in [4.78, 5) is 17.1. The van der Waals surface area contributed by atoms with Gasteiger partial charge < -0.3 is 9.80 Å². The van der Waals surface area contributed by atoms with E-state index in [-0.39, 0.29) is 17.4 Å². The molecule has 5 rings (SSSR count). The molecule has 1 saturated heterocycles. The summed E-state index contributed by atoms with van der Waals surface area (Å²) >= 11 is 0. The van der Waals surface area contributed by atoms with Gasteiger partial charge in [0.15, 0.2) is 0 Å². The highest BCUT2D eigenvalue weighted by Gasteiger charge is 2.32. The number of aryl methyl sites for hydroxylation is 1. The highest BCUT2D eigenvalue weighted by atomic mass is 32.2. The minimum absolute atomic E-state index is 0.0427. The molecule has 1 saturated carbocycles. The summed E-state index contributed by atoms with van der Waals surface area (Å²) in [5, 5.41) is 5.24. The van der Waals surface area contributed by atoms with Gasteiger partial charge in [-0.25, -0.2) is 26.3 Å². The van der Waals surface area contributed by atoms with Crippen LogP contribution in [0.2, 0.25) is 0 Å². The van der Waals surface area contributed by atoms with E-state index in [4.69, 9.17) is 0 Å². The number of carbonyl (C=O) groups is 1. The van der Waals surface area contributed by atoms with Crippen LogP contribution in [0, 0.1) is 17.7 Å². The molecule has 246 valence electrons. The molecule has 0 bridgehead atoms. The van der Waals surface area contributed by atoms with Gasteiger partial charge in [-0.1, -0.05) is 12.1 Å². The standard InChI is InChI=1S/C33H44F3N5O3S/c1-5-45(43,44)38-26-9-6-22(7-10-26)17-40-18-24(19-40)12-23-13-28(30-16-37-39(4)31(30)14-23)27-11-8-25(34)15-29(27)33(42)41(21(2)3)20-32(35)36/h8,11,13-16,21-22,24,26,32,38H,5-7,9-10,12,17-20H2,1-4H3. The molecule has 0 radical (unpaired) electrons. The quantitative estimate of drug-likeness (QED) is 0.282. The molecule has 3 aromatic rings. The van der Waals surface area contributed by atoms with Crippen molar-refractivity contribution in [2.24, 2.45) is 18.9 Å². The summed E-state index contributed by atoms with van der Waals surface area (Å²) in [6, 6.07) is 7.69.